The average molecular weight is 542 g/mol. The summed E-state index contributed by atoms with van der Waals surface area (Å²) < 4.78 is 36.3. The standard InChI is InChI=1S/C30H27N3O5S/c1-32(30(34)38-20-21-9-14-25(37-2)15-10-21)24-13-18-27-28(22-11-16-26(17-12-22)39(3,35)36)29(31-33(27)19-24)23-7-5-4-6-8-23/h4-19H,20H2,1-3H3. The molecule has 0 unspecified atom stereocenters. The minimum atomic E-state index is -3.32. The Labute approximate surface area is 227 Å². The van der Waals surface area contributed by atoms with Crippen molar-refractivity contribution in [3.05, 3.63) is 103 Å². The van der Waals surface area contributed by atoms with Gasteiger partial charge in [0.05, 0.1) is 29.4 Å². The zero-order chi connectivity index (χ0) is 27.6. The van der Waals surface area contributed by atoms with Gasteiger partial charge in [0.2, 0.25) is 0 Å². The molecule has 0 radical (unpaired) electrons. The molecule has 2 aromatic heterocycles. The quantitative estimate of drug-likeness (QED) is 0.257. The summed E-state index contributed by atoms with van der Waals surface area (Å²) >= 11 is 0. The molecule has 3 aromatic carbocycles. The van der Waals surface area contributed by atoms with Crippen molar-refractivity contribution in [3.63, 3.8) is 0 Å². The number of carbonyl (C=O) groups is 1. The van der Waals surface area contributed by atoms with Crippen LogP contribution in [0.2, 0.25) is 0 Å². The number of methoxy groups -OCH3 is 1. The molecule has 2 heterocycles. The Morgan fingerprint density at radius 1 is 0.897 bits per heavy atom. The van der Waals surface area contributed by atoms with Gasteiger partial charge in [-0.1, -0.05) is 54.6 Å². The molecule has 39 heavy (non-hydrogen) atoms. The molecule has 0 aliphatic heterocycles. The number of aromatic nitrogens is 2. The van der Waals surface area contributed by atoms with Gasteiger partial charge in [0.1, 0.15) is 18.1 Å². The van der Waals surface area contributed by atoms with E-state index >= 15 is 0 Å². The third kappa shape index (κ3) is 5.49. The van der Waals surface area contributed by atoms with Crippen LogP contribution in [0.4, 0.5) is 10.5 Å². The Morgan fingerprint density at radius 2 is 1.59 bits per heavy atom. The van der Waals surface area contributed by atoms with E-state index in [1.54, 1.807) is 49.1 Å². The van der Waals surface area contributed by atoms with Gasteiger partial charge in [0.25, 0.3) is 0 Å². The van der Waals surface area contributed by atoms with E-state index in [-0.39, 0.29) is 11.5 Å². The van der Waals surface area contributed by atoms with E-state index in [9.17, 15) is 13.2 Å². The molecule has 0 saturated carbocycles. The molecule has 0 fully saturated rings. The molecule has 9 heteroatoms. The zero-order valence-corrected chi connectivity index (χ0v) is 22.6. The second-order valence-corrected chi connectivity index (χ2v) is 11.1. The molecule has 5 rings (SSSR count). The van der Waals surface area contributed by atoms with Crippen molar-refractivity contribution in [1.29, 1.82) is 0 Å². The number of hydrogen-bond donors (Lipinski definition) is 0. The monoisotopic (exact) mass is 541 g/mol. The Bertz CT molecular complexity index is 1730. The highest BCUT2D eigenvalue weighted by Gasteiger charge is 2.20. The van der Waals surface area contributed by atoms with Crippen LogP contribution in [0.5, 0.6) is 5.75 Å². The van der Waals surface area contributed by atoms with Crippen LogP contribution in [-0.4, -0.2) is 44.5 Å². The molecule has 0 aliphatic carbocycles. The lowest BCUT2D eigenvalue weighted by atomic mass is 10.00. The lowest BCUT2D eigenvalue weighted by Gasteiger charge is -2.17. The molecule has 0 atom stereocenters. The molecule has 8 nitrogen and oxygen atoms in total. The molecular formula is C30H27N3O5S. The summed E-state index contributed by atoms with van der Waals surface area (Å²) in [7, 11) is -0.0772. The van der Waals surface area contributed by atoms with Gasteiger partial charge in [0.15, 0.2) is 9.84 Å². The number of nitrogens with zero attached hydrogens (tertiary/aromatic N) is 3. The van der Waals surface area contributed by atoms with Crippen LogP contribution in [-0.2, 0) is 21.2 Å². The largest absolute Gasteiger partial charge is 0.497 e. The first-order chi connectivity index (χ1) is 18.7. The molecule has 0 bridgehead atoms. The highest BCUT2D eigenvalue weighted by atomic mass is 32.2. The maximum absolute atomic E-state index is 12.8. The van der Waals surface area contributed by atoms with Crippen LogP contribution in [0, 0.1) is 0 Å². The van der Waals surface area contributed by atoms with Crippen molar-refractivity contribution in [2.45, 2.75) is 11.5 Å². The van der Waals surface area contributed by atoms with Gasteiger partial charge in [-0.2, -0.15) is 5.10 Å². The highest BCUT2D eigenvalue weighted by Crippen LogP contribution is 2.36. The molecule has 0 N–H and O–H groups in total. The third-order valence-corrected chi connectivity index (χ3v) is 7.54. The SMILES string of the molecule is COc1ccc(COC(=O)N(C)c2ccc3c(-c4ccc(S(C)(=O)=O)cc4)c(-c4ccccc4)nn3c2)cc1. The maximum Gasteiger partial charge on any atom is 0.414 e. The van der Waals surface area contributed by atoms with E-state index in [0.29, 0.717) is 5.69 Å². The van der Waals surface area contributed by atoms with Gasteiger partial charge in [-0.15, -0.1) is 0 Å². The summed E-state index contributed by atoms with van der Waals surface area (Å²) in [5.41, 5.74) is 5.60. The van der Waals surface area contributed by atoms with Crippen LogP contribution < -0.4 is 9.64 Å². The summed E-state index contributed by atoms with van der Waals surface area (Å²) in [6.07, 6.45) is 2.45. The second-order valence-electron chi connectivity index (χ2n) is 9.06. The summed E-state index contributed by atoms with van der Waals surface area (Å²) in [4.78, 5) is 14.5. The Morgan fingerprint density at radius 3 is 2.23 bits per heavy atom. The molecule has 0 saturated heterocycles. The maximum atomic E-state index is 12.8. The predicted molar refractivity (Wildman–Crippen MR) is 151 cm³/mol. The lowest BCUT2D eigenvalue weighted by molar-refractivity contribution is 0.148. The fourth-order valence-corrected chi connectivity index (χ4v) is 4.89. The van der Waals surface area contributed by atoms with Gasteiger partial charge in [-0.25, -0.2) is 17.7 Å². The number of benzene rings is 3. The first kappa shape index (κ1) is 26.0. The minimum absolute atomic E-state index is 0.128. The van der Waals surface area contributed by atoms with E-state index in [1.165, 1.54) is 11.2 Å². The molecule has 198 valence electrons. The number of rotatable bonds is 7. The van der Waals surface area contributed by atoms with Crippen molar-refractivity contribution >= 4 is 27.1 Å². The minimum Gasteiger partial charge on any atom is -0.497 e. The fourth-order valence-electron chi connectivity index (χ4n) is 4.26. The van der Waals surface area contributed by atoms with Gasteiger partial charge in [-0.05, 0) is 47.5 Å². The number of hydrogen-bond acceptors (Lipinski definition) is 6. The van der Waals surface area contributed by atoms with Crippen LogP contribution in [0.1, 0.15) is 5.56 Å². The predicted octanol–water partition coefficient (Wildman–Crippen LogP) is 5.85. The van der Waals surface area contributed by atoms with Crippen LogP contribution in [0.25, 0.3) is 27.9 Å². The van der Waals surface area contributed by atoms with E-state index in [1.807, 2.05) is 66.7 Å². The lowest BCUT2D eigenvalue weighted by Crippen LogP contribution is -2.27. The number of sulfone groups is 1. The molecule has 1 amide bonds. The van der Waals surface area contributed by atoms with Crippen molar-refractivity contribution in [3.8, 4) is 28.1 Å². The Hall–Kier alpha value is -4.63. The van der Waals surface area contributed by atoms with Crippen molar-refractivity contribution in [2.24, 2.45) is 0 Å². The van der Waals surface area contributed by atoms with Crippen LogP contribution >= 0.6 is 0 Å². The number of fused-ring (bicyclic) bond motifs is 1. The Balaban J connectivity index is 1.47. The zero-order valence-electron chi connectivity index (χ0n) is 21.7. The van der Waals surface area contributed by atoms with Gasteiger partial charge in [0, 0.05) is 24.4 Å². The van der Waals surface area contributed by atoms with Gasteiger partial charge < -0.3 is 9.47 Å². The fraction of sp³-hybridized carbons (Fsp3) is 0.133. The van der Waals surface area contributed by atoms with E-state index < -0.39 is 15.9 Å². The number of pyridine rings is 1. The number of ether oxygens (including phenoxy) is 2. The molecular weight excluding hydrogens is 514 g/mol. The van der Waals surface area contributed by atoms with Crippen molar-refractivity contribution < 1.29 is 22.7 Å². The number of carbonyl (C=O) groups excluding carboxylic acids is 1. The second kappa shape index (κ2) is 10.6. The summed E-state index contributed by atoms with van der Waals surface area (Å²) in [5, 5.41) is 4.85. The molecule has 0 spiro atoms. The summed E-state index contributed by atoms with van der Waals surface area (Å²) in [5.74, 6) is 0.732. The van der Waals surface area contributed by atoms with Gasteiger partial charge in [-0.3, -0.25) is 4.90 Å². The number of amides is 1. The topological polar surface area (TPSA) is 90.2 Å². The Kier molecular flexibility index (Phi) is 7.08. The smallest absolute Gasteiger partial charge is 0.414 e. The number of anilines is 1. The van der Waals surface area contributed by atoms with Crippen molar-refractivity contribution in [2.75, 3.05) is 25.3 Å². The van der Waals surface area contributed by atoms with E-state index in [0.717, 1.165) is 39.2 Å². The normalized spacial score (nSPS) is 11.4. The molecule has 5 aromatic rings. The van der Waals surface area contributed by atoms with Crippen LogP contribution in [0.3, 0.4) is 0 Å². The third-order valence-electron chi connectivity index (χ3n) is 6.41. The first-order valence-electron chi connectivity index (χ1n) is 12.2. The van der Waals surface area contributed by atoms with E-state index in [2.05, 4.69) is 0 Å². The summed E-state index contributed by atoms with van der Waals surface area (Å²) in [6, 6.07) is 27.6. The average Bonchev–Trinajstić information content (AvgIpc) is 3.34. The van der Waals surface area contributed by atoms with Crippen molar-refractivity contribution in [1.82, 2.24) is 9.61 Å². The first-order valence-corrected chi connectivity index (χ1v) is 14.1. The van der Waals surface area contributed by atoms with Gasteiger partial charge >= 0.3 is 6.09 Å². The molecule has 0 aliphatic rings. The highest BCUT2D eigenvalue weighted by molar-refractivity contribution is 7.90. The van der Waals surface area contributed by atoms with Crippen LogP contribution in [0.15, 0.2) is 102 Å². The summed E-state index contributed by atoms with van der Waals surface area (Å²) in [6.45, 7) is 0.128. The van der Waals surface area contributed by atoms with E-state index in [4.69, 9.17) is 14.6 Å².